The number of hydrogen-bond acceptors (Lipinski definition) is 7. The van der Waals surface area contributed by atoms with Crippen LogP contribution in [-0.4, -0.2) is 68.7 Å². The van der Waals surface area contributed by atoms with Gasteiger partial charge in [0.1, 0.15) is 17.9 Å². The van der Waals surface area contributed by atoms with Crippen LogP contribution in [0.15, 0.2) is 47.9 Å². The number of hydrogen-bond donors (Lipinski definition) is 2. The summed E-state index contributed by atoms with van der Waals surface area (Å²) in [6.45, 7) is 5.22. The van der Waals surface area contributed by atoms with Crippen molar-refractivity contribution in [2.24, 2.45) is 0 Å². The summed E-state index contributed by atoms with van der Waals surface area (Å²) in [5.74, 6) is -1.94. The van der Waals surface area contributed by atoms with Crippen LogP contribution in [0.3, 0.4) is 0 Å². The molecule has 0 spiro atoms. The number of methoxy groups -OCH3 is 1. The summed E-state index contributed by atoms with van der Waals surface area (Å²) in [7, 11) is 1.53. The van der Waals surface area contributed by atoms with Crippen molar-refractivity contribution in [3.8, 4) is 0 Å². The predicted octanol–water partition coefficient (Wildman–Crippen LogP) is 1.74. The van der Waals surface area contributed by atoms with E-state index in [9.17, 15) is 19.2 Å². The van der Waals surface area contributed by atoms with Gasteiger partial charge in [0.2, 0.25) is 17.2 Å². The second-order valence-corrected chi connectivity index (χ2v) is 8.82. The molecule has 2 aromatic heterocycles. The Labute approximate surface area is 201 Å². The van der Waals surface area contributed by atoms with E-state index in [1.807, 2.05) is 0 Å². The fourth-order valence-corrected chi connectivity index (χ4v) is 4.13. The fraction of sp³-hybridized carbons (Fsp3) is 0.375. The van der Waals surface area contributed by atoms with E-state index in [4.69, 9.17) is 9.47 Å². The summed E-state index contributed by atoms with van der Waals surface area (Å²) >= 11 is 0. The van der Waals surface area contributed by atoms with Gasteiger partial charge in [0.05, 0.1) is 11.6 Å². The largest absolute Gasteiger partial charge is 0.360 e. The molecule has 184 valence electrons. The summed E-state index contributed by atoms with van der Waals surface area (Å²) in [6.07, 6.45) is 5.54. The van der Waals surface area contributed by atoms with Gasteiger partial charge in [0, 0.05) is 56.7 Å². The Morgan fingerprint density at radius 3 is 2.69 bits per heavy atom. The van der Waals surface area contributed by atoms with E-state index in [2.05, 4.69) is 15.3 Å². The normalized spacial score (nSPS) is 18.1. The maximum atomic E-state index is 13.1. The zero-order valence-electron chi connectivity index (χ0n) is 19.9. The van der Waals surface area contributed by atoms with Crippen molar-refractivity contribution in [3.05, 3.63) is 58.9 Å². The average molecular weight is 482 g/mol. The van der Waals surface area contributed by atoms with Crippen molar-refractivity contribution in [3.63, 3.8) is 0 Å². The Bertz CT molecular complexity index is 1330. The number of pyridine rings is 1. The van der Waals surface area contributed by atoms with Crippen LogP contribution in [0.2, 0.25) is 0 Å². The molecule has 1 saturated heterocycles. The molecular formula is C24H27N5O6. The first kappa shape index (κ1) is 24.3. The molecule has 1 aliphatic rings. The van der Waals surface area contributed by atoms with Crippen molar-refractivity contribution >= 4 is 34.3 Å². The highest BCUT2D eigenvalue weighted by atomic mass is 16.7. The van der Waals surface area contributed by atoms with Crippen LogP contribution in [0, 0.1) is 0 Å². The molecule has 3 heterocycles. The minimum atomic E-state index is -0.846. The van der Waals surface area contributed by atoms with E-state index in [1.165, 1.54) is 48.4 Å². The number of amides is 2. The van der Waals surface area contributed by atoms with Gasteiger partial charge in [-0.05, 0) is 32.0 Å². The van der Waals surface area contributed by atoms with Crippen molar-refractivity contribution in [1.82, 2.24) is 19.4 Å². The molecule has 2 unspecified atom stereocenters. The first-order valence-electron chi connectivity index (χ1n) is 11.1. The number of anilines is 1. The third kappa shape index (κ3) is 5.00. The zero-order valence-corrected chi connectivity index (χ0v) is 19.9. The van der Waals surface area contributed by atoms with Gasteiger partial charge >= 0.3 is 0 Å². The molecule has 0 radical (unpaired) electrons. The number of H-pyrrole nitrogens is 1. The van der Waals surface area contributed by atoms with Crippen molar-refractivity contribution in [2.45, 2.75) is 45.1 Å². The Morgan fingerprint density at radius 2 is 2.03 bits per heavy atom. The van der Waals surface area contributed by atoms with Crippen LogP contribution >= 0.6 is 0 Å². The topological polar surface area (TPSA) is 136 Å². The molecule has 0 saturated carbocycles. The second-order valence-electron chi connectivity index (χ2n) is 8.82. The van der Waals surface area contributed by atoms with E-state index in [0.29, 0.717) is 23.0 Å². The number of rotatable bonds is 6. The molecule has 2 amide bonds. The van der Waals surface area contributed by atoms with E-state index in [1.54, 1.807) is 32.0 Å². The number of fused-ring (bicyclic) bond motifs is 1. The summed E-state index contributed by atoms with van der Waals surface area (Å²) in [6, 6.07) is 4.01. The molecule has 2 N–H and O–H groups in total. The number of nitrogens with one attached hydrogen (secondary N) is 2. The van der Waals surface area contributed by atoms with Gasteiger partial charge in [0.25, 0.3) is 5.91 Å². The van der Waals surface area contributed by atoms with Crippen molar-refractivity contribution in [1.29, 1.82) is 0 Å². The number of benzene rings is 1. The first-order chi connectivity index (χ1) is 16.6. The second kappa shape index (κ2) is 9.43. The lowest BCUT2D eigenvalue weighted by atomic mass is 10.1. The Balaban J connectivity index is 1.53. The number of aromatic nitrogens is 3. The third-order valence-corrected chi connectivity index (χ3v) is 6.03. The SMILES string of the molecule is COC(C)(C)OC1CC(C(=O)Nc2ccc3c(=O)c(C(=O)n4ccnc4)c[nH]c3c2)N(C(C)=O)C1. The van der Waals surface area contributed by atoms with E-state index < -0.39 is 23.2 Å². The highest BCUT2D eigenvalue weighted by molar-refractivity contribution is 6.01. The summed E-state index contributed by atoms with van der Waals surface area (Å²) < 4.78 is 12.4. The van der Waals surface area contributed by atoms with E-state index in [-0.39, 0.29) is 30.0 Å². The van der Waals surface area contributed by atoms with Gasteiger partial charge < -0.3 is 24.7 Å². The predicted molar refractivity (Wildman–Crippen MR) is 127 cm³/mol. The number of carbonyl (C=O) groups is 3. The molecule has 11 nitrogen and oxygen atoms in total. The van der Waals surface area contributed by atoms with Crippen molar-refractivity contribution in [2.75, 3.05) is 19.0 Å². The van der Waals surface area contributed by atoms with Crippen LogP contribution in [-0.2, 0) is 19.1 Å². The first-order valence-corrected chi connectivity index (χ1v) is 11.1. The number of ether oxygens (including phenoxy) is 2. The van der Waals surface area contributed by atoms with Gasteiger partial charge in [-0.2, -0.15) is 0 Å². The van der Waals surface area contributed by atoms with Gasteiger partial charge in [-0.25, -0.2) is 4.98 Å². The van der Waals surface area contributed by atoms with Crippen molar-refractivity contribution < 1.29 is 23.9 Å². The summed E-state index contributed by atoms with van der Waals surface area (Å²) in [5, 5.41) is 3.12. The van der Waals surface area contributed by atoms with Gasteiger partial charge in [0.15, 0.2) is 5.79 Å². The van der Waals surface area contributed by atoms with Gasteiger partial charge in [-0.3, -0.25) is 23.7 Å². The molecule has 1 aliphatic heterocycles. The number of carbonyl (C=O) groups excluding carboxylic acids is 3. The van der Waals surface area contributed by atoms with Crippen LogP contribution in [0.1, 0.15) is 37.6 Å². The maximum absolute atomic E-state index is 13.1. The number of imidazole rings is 1. The maximum Gasteiger partial charge on any atom is 0.268 e. The quantitative estimate of drug-likeness (QED) is 0.512. The minimum absolute atomic E-state index is 0.0274. The zero-order chi connectivity index (χ0) is 25.3. The molecule has 0 bridgehead atoms. The molecule has 3 aromatic rings. The Morgan fingerprint density at radius 1 is 1.26 bits per heavy atom. The molecule has 2 atom stereocenters. The third-order valence-electron chi connectivity index (χ3n) is 6.03. The highest BCUT2D eigenvalue weighted by Gasteiger charge is 2.41. The lowest BCUT2D eigenvalue weighted by Gasteiger charge is -2.27. The van der Waals surface area contributed by atoms with Crippen LogP contribution < -0.4 is 10.7 Å². The Hall–Kier alpha value is -3.83. The fourth-order valence-electron chi connectivity index (χ4n) is 4.13. The molecular weight excluding hydrogens is 454 g/mol. The molecule has 35 heavy (non-hydrogen) atoms. The average Bonchev–Trinajstić information content (AvgIpc) is 3.49. The molecule has 1 aromatic carbocycles. The van der Waals surface area contributed by atoms with Gasteiger partial charge in [-0.1, -0.05) is 0 Å². The standard InChI is InChI=1S/C24H27N5O6/c1-14(30)29-12-16(35-24(2,3)34-4)10-20(29)22(32)27-15-5-6-17-19(9-15)26-11-18(21(17)31)23(33)28-8-7-25-13-28/h5-9,11,13,16,20H,10,12H2,1-4H3,(H,26,31)(H,27,32). The number of likely N-dealkylation sites (tertiary alicyclic amines) is 1. The van der Waals surface area contributed by atoms with Crippen LogP contribution in [0.25, 0.3) is 10.9 Å². The smallest absolute Gasteiger partial charge is 0.268 e. The summed E-state index contributed by atoms with van der Waals surface area (Å²) in [5.41, 5.74) is 0.430. The minimum Gasteiger partial charge on any atom is -0.360 e. The van der Waals surface area contributed by atoms with Gasteiger partial charge in [-0.15, -0.1) is 0 Å². The molecule has 0 aliphatic carbocycles. The van der Waals surface area contributed by atoms with E-state index >= 15 is 0 Å². The highest BCUT2D eigenvalue weighted by Crippen LogP contribution is 2.26. The summed E-state index contributed by atoms with van der Waals surface area (Å²) in [4.78, 5) is 58.9. The van der Waals surface area contributed by atoms with Crippen LogP contribution in [0.5, 0.6) is 0 Å². The lowest BCUT2D eigenvalue weighted by molar-refractivity contribution is -0.220. The lowest BCUT2D eigenvalue weighted by Crippen LogP contribution is -2.42. The monoisotopic (exact) mass is 481 g/mol. The van der Waals surface area contributed by atoms with E-state index in [0.717, 1.165) is 0 Å². The van der Waals surface area contributed by atoms with Crippen LogP contribution in [0.4, 0.5) is 5.69 Å². The molecule has 11 heteroatoms. The number of nitrogens with zero attached hydrogens (tertiary/aromatic N) is 3. The molecule has 1 fully saturated rings. The number of aromatic amines is 1. The Kier molecular flexibility index (Phi) is 6.55. The molecule has 4 rings (SSSR count).